The maximum absolute atomic E-state index is 11.6. The highest BCUT2D eigenvalue weighted by Crippen LogP contribution is 2.37. The van der Waals surface area contributed by atoms with E-state index in [4.69, 9.17) is 5.14 Å². The van der Waals surface area contributed by atoms with Gasteiger partial charge in [-0.3, -0.25) is 4.68 Å². The van der Waals surface area contributed by atoms with E-state index in [0.717, 1.165) is 6.42 Å². The molecule has 3 rings (SSSR count). The Morgan fingerprint density at radius 3 is 2.71 bits per heavy atom. The van der Waals surface area contributed by atoms with Gasteiger partial charge >= 0.3 is 0 Å². The van der Waals surface area contributed by atoms with E-state index in [1.54, 1.807) is 18.5 Å². The Labute approximate surface area is 128 Å². The van der Waals surface area contributed by atoms with Crippen LogP contribution < -0.4 is 5.14 Å². The van der Waals surface area contributed by atoms with Crippen molar-refractivity contribution in [3.8, 4) is 0 Å². The third-order valence-corrected chi connectivity index (χ3v) is 6.15. The second-order valence-corrected chi connectivity index (χ2v) is 8.12. The van der Waals surface area contributed by atoms with E-state index in [2.05, 4.69) is 17.2 Å². The van der Waals surface area contributed by atoms with Crippen molar-refractivity contribution in [2.45, 2.75) is 41.9 Å². The summed E-state index contributed by atoms with van der Waals surface area (Å²) in [6.07, 6.45) is 0.976. The number of nitrogens with zero attached hydrogens (tertiary/aromatic N) is 2. The molecule has 1 aromatic heterocycles. The molecule has 0 aliphatic carbocycles. The summed E-state index contributed by atoms with van der Waals surface area (Å²) < 4.78 is 25.0. The van der Waals surface area contributed by atoms with Crippen molar-refractivity contribution in [1.29, 1.82) is 0 Å². The number of rotatable bonds is 3. The number of nitrogens with two attached hydrogens (primary N) is 1. The monoisotopic (exact) mass is 323 g/mol. The Hall–Kier alpha value is -1.31. The van der Waals surface area contributed by atoms with Crippen molar-refractivity contribution in [1.82, 2.24) is 9.78 Å². The number of fused-ring (bicyclic) bond motifs is 1. The van der Waals surface area contributed by atoms with Gasteiger partial charge in [0.2, 0.25) is 10.0 Å². The van der Waals surface area contributed by atoms with Crippen LogP contribution in [0, 0.1) is 13.8 Å². The zero-order valence-electron chi connectivity index (χ0n) is 11.9. The van der Waals surface area contributed by atoms with Crippen LogP contribution in [0.4, 0.5) is 0 Å². The lowest BCUT2D eigenvalue weighted by molar-refractivity contribution is 0.573. The van der Waals surface area contributed by atoms with Crippen LogP contribution in [0.3, 0.4) is 0 Å². The topological polar surface area (TPSA) is 78.0 Å². The SMILES string of the molecule is Cc1nn(CC2Cc3ccccc3S2)c(C)c1S(N)(=O)=O. The highest BCUT2D eigenvalue weighted by molar-refractivity contribution is 8.00. The fourth-order valence-electron chi connectivity index (χ4n) is 2.82. The summed E-state index contributed by atoms with van der Waals surface area (Å²) in [6.45, 7) is 4.12. The predicted octanol–water partition coefficient (Wildman–Crippen LogP) is 1.86. The first-order valence-electron chi connectivity index (χ1n) is 6.67. The van der Waals surface area contributed by atoms with Crippen LogP contribution in [0.25, 0.3) is 0 Å². The molecule has 0 bridgehead atoms. The highest BCUT2D eigenvalue weighted by Gasteiger charge is 2.26. The summed E-state index contributed by atoms with van der Waals surface area (Å²) in [6, 6.07) is 8.34. The molecule has 1 aromatic carbocycles. The van der Waals surface area contributed by atoms with Crippen LogP contribution in [0.5, 0.6) is 0 Å². The van der Waals surface area contributed by atoms with Gasteiger partial charge in [-0.05, 0) is 31.9 Å². The molecule has 0 fully saturated rings. The number of sulfonamides is 1. The van der Waals surface area contributed by atoms with E-state index in [1.165, 1.54) is 10.5 Å². The molecular weight excluding hydrogens is 306 g/mol. The average Bonchev–Trinajstić information content (AvgIpc) is 2.89. The fourth-order valence-corrected chi connectivity index (χ4v) is 5.09. The van der Waals surface area contributed by atoms with Gasteiger partial charge in [0.05, 0.1) is 17.9 Å². The molecular formula is C14H17N3O2S2. The summed E-state index contributed by atoms with van der Waals surface area (Å²) >= 11 is 1.82. The van der Waals surface area contributed by atoms with Crippen molar-refractivity contribution >= 4 is 21.8 Å². The Morgan fingerprint density at radius 2 is 2.10 bits per heavy atom. The second kappa shape index (κ2) is 5.15. The van der Waals surface area contributed by atoms with E-state index in [-0.39, 0.29) is 4.90 Å². The molecule has 2 heterocycles. The molecule has 0 amide bonds. The smallest absolute Gasteiger partial charge is 0.241 e. The van der Waals surface area contributed by atoms with Crippen LogP contribution in [0.1, 0.15) is 17.0 Å². The average molecular weight is 323 g/mol. The summed E-state index contributed by atoms with van der Waals surface area (Å²) in [4.78, 5) is 1.46. The van der Waals surface area contributed by atoms with Gasteiger partial charge in [-0.15, -0.1) is 11.8 Å². The van der Waals surface area contributed by atoms with Gasteiger partial charge in [-0.2, -0.15) is 5.10 Å². The lowest BCUT2D eigenvalue weighted by Gasteiger charge is -2.10. The van der Waals surface area contributed by atoms with E-state index >= 15 is 0 Å². The summed E-state index contributed by atoms with van der Waals surface area (Å²) in [5, 5.41) is 9.98. The number of hydrogen-bond donors (Lipinski definition) is 1. The van der Waals surface area contributed by atoms with Crippen LogP contribution in [-0.2, 0) is 23.0 Å². The molecule has 1 unspecified atom stereocenters. The van der Waals surface area contributed by atoms with Crippen LogP contribution in [-0.4, -0.2) is 23.4 Å². The Balaban J connectivity index is 1.85. The predicted molar refractivity (Wildman–Crippen MR) is 82.9 cm³/mol. The molecule has 0 radical (unpaired) electrons. The third kappa shape index (κ3) is 2.73. The van der Waals surface area contributed by atoms with Gasteiger partial charge in [0.15, 0.2) is 0 Å². The minimum Gasteiger partial charge on any atom is -0.267 e. The molecule has 1 atom stereocenters. The van der Waals surface area contributed by atoms with E-state index in [1.807, 2.05) is 23.9 Å². The molecule has 2 aromatic rings. The molecule has 2 N–H and O–H groups in total. The Morgan fingerprint density at radius 1 is 1.38 bits per heavy atom. The van der Waals surface area contributed by atoms with E-state index < -0.39 is 10.0 Å². The largest absolute Gasteiger partial charge is 0.267 e. The number of primary sulfonamides is 1. The lowest BCUT2D eigenvalue weighted by atomic mass is 10.1. The Kier molecular flexibility index (Phi) is 3.59. The fraction of sp³-hybridized carbons (Fsp3) is 0.357. The molecule has 1 aliphatic rings. The first-order chi connectivity index (χ1) is 9.86. The molecule has 0 saturated heterocycles. The molecule has 5 nitrogen and oxygen atoms in total. The van der Waals surface area contributed by atoms with Gasteiger partial charge in [-0.1, -0.05) is 18.2 Å². The Bertz CT molecular complexity index is 772. The number of hydrogen-bond acceptors (Lipinski definition) is 4. The van der Waals surface area contributed by atoms with Crippen molar-refractivity contribution in [3.05, 3.63) is 41.2 Å². The highest BCUT2D eigenvalue weighted by atomic mass is 32.2. The third-order valence-electron chi connectivity index (χ3n) is 3.69. The molecule has 7 heteroatoms. The van der Waals surface area contributed by atoms with E-state index in [9.17, 15) is 8.42 Å². The van der Waals surface area contributed by atoms with Crippen molar-refractivity contribution in [2.24, 2.45) is 5.14 Å². The van der Waals surface area contributed by atoms with Gasteiger partial charge in [-0.25, -0.2) is 13.6 Å². The van der Waals surface area contributed by atoms with Crippen molar-refractivity contribution in [3.63, 3.8) is 0 Å². The lowest BCUT2D eigenvalue weighted by Crippen LogP contribution is -2.17. The first-order valence-corrected chi connectivity index (χ1v) is 9.10. The van der Waals surface area contributed by atoms with Gasteiger partial charge in [0.25, 0.3) is 0 Å². The maximum Gasteiger partial charge on any atom is 0.241 e. The molecule has 21 heavy (non-hydrogen) atoms. The zero-order chi connectivity index (χ0) is 15.2. The van der Waals surface area contributed by atoms with E-state index in [0.29, 0.717) is 23.2 Å². The second-order valence-electron chi connectivity index (χ2n) is 5.28. The minimum absolute atomic E-state index is 0.156. The zero-order valence-corrected chi connectivity index (χ0v) is 13.5. The van der Waals surface area contributed by atoms with Gasteiger partial charge in [0.1, 0.15) is 4.90 Å². The normalized spacial score (nSPS) is 18.0. The number of thioether (sulfide) groups is 1. The summed E-state index contributed by atoms with van der Waals surface area (Å²) in [7, 11) is -3.72. The van der Waals surface area contributed by atoms with Crippen LogP contribution in [0.15, 0.2) is 34.1 Å². The van der Waals surface area contributed by atoms with Gasteiger partial charge < -0.3 is 0 Å². The molecule has 112 valence electrons. The number of aromatic nitrogens is 2. The maximum atomic E-state index is 11.6. The quantitative estimate of drug-likeness (QED) is 0.935. The summed E-state index contributed by atoms with van der Waals surface area (Å²) in [5.41, 5.74) is 2.43. The van der Waals surface area contributed by atoms with Crippen molar-refractivity contribution in [2.75, 3.05) is 0 Å². The number of aryl methyl sites for hydroxylation is 1. The van der Waals surface area contributed by atoms with Crippen molar-refractivity contribution < 1.29 is 8.42 Å². The molecule has 1 aliphatic heterocycles. The van der Waals surface area contributed by atoms with Crippen LogP contribution in [0.2, 0.25) is 0 Å². The van der Waals surface area contributed by atoms with Gasteiger partial charge in [0, 0.05) is 10.1 Å². The number of benzene rings is 1. The standard InChI is InChI=1S/C14H17N3O2S2/c1-9-14(21(15,18)19)10(2)17(16-9)8-12-7-11-5-3-4-6-13(11)20-12/h3-6,12H,7-8H2,1-2H3,(H2,15,18,19). The first kappa shape index (κ1) is 14.6. The van der Waals surface area contributed by atoms with Crippen LogP contribution >= 0.6 is 11.8 Å². The molecule has 0 spiro atoms. The minimum atomic E-state index is -3.72. The molecule has 0 saturated carbocycles. The summed E-state index contributed by atoms with van der Waals surface area (Å²) in [5.74, 6) is 0.